The molecule has 134 valence electrons. The molecule has 2 unspecified atom stereocenters. The maximum atomic E-state index is 9.57. The van der Waals surface area contributed by atoms with Crippen LogP contribution in [0, 0.1) is 5.92 Å². The quantitative estimate of drug-likeness (QED) is 0.794. The molecule has 2 aliphatic heterocycles. The summed E-state index contributed by atoms with van der Waals surface area (Å²) >= 11 is 0. The van der Waals surface area contributed by atoms with Crippen LogP contribution in [0.1, 0.15) is 19.3 Å². The van der Waals surface area contributed by atoms with Gasteiger partial charge in [-0.1, -0.05) is 5.16 Å². The number of hydrogen-bond donors (Lipinski definition) is 2. The molecule has 0 aromatic carbocycles. The van der Waals surface area contributed by atoms with E-state index in [2.05, 4.69) is 25.0 Å². The fraction of sp³-hybridized carbons (Fsp3) is 0.625. The lowest BCUT2D eigenvalue weighted by Gasteiger charge is -2.27. The second-order valence-electron chi connectivity index (χ2n) is 6.49. The maximum Gasteiger partial charge on any atom is 0.165 e. The van der Waals surface area contributed by atoms with E-state index in [1.807, 2.05) is 4.57 Å². The third kappa shape index (κ3) is 2.93. The highest BCUT2D eigenvalue weighted by Crippen LogP contribution is 2.25. The number of hydrogen-bond acceptors (Lipinski definition) is 8. The number of oxime groups is 1. The molecule has 0 amide bonds. The maximum absolute atomic E-state index is 9.57. The van der Waals surface area contributed by atoms with Crippen LogP contribution in [0.25, 0.3) is 11.2 Å². The van der Waals surface area contributed by atoms with E-state index in [1.165, 1.54) is 19.3 Å². The van der Waals surface area contributed by atoms with Crippen LogP contribution in [0.15, 0.2) is 17.8 Å². The monoisotopic (exact) mass is 346 g/mol. The predicted molar refractivity (Wildman–Crippen MR) is 91.4 cm³/mol. The third-order valence-corrected chi connectivity index (χ3v) is 4.93. The van der Waals surface area contributed by atoms with Crippen LogP contribution in [-0.4, -0.2) is 67.9 Å². The Bertz CT molecular complexity index is 770. The Hall–Kier alpha value is -2.26. The van der Waals surface area contributed by atoms with Gasteiger partial charge in [0.1, 0.15) is 6.33 Å². The van der Waals surface area contributed by atoms with E-state index in [9.17, 15) is 10.2 Å². The Morgan fingerprint density at radius 3 is 2.68 bits per heavy atom. The van der Waals surface area contributed by atoms with E-state index in [1.54, 1.807) is 12.7 Å². The molecule has 0 bridgehead atoms. The van der Waals surface area contributed by atoms with Gasteiger partial charge >= 0.3 is 0 Å². The van der Waals surface area contributed by atoms with Gasteiger partial charge in [-0.05, 0) is 19.3 Å². The number of nitrogens with zero attached hydrogens (tertiary/aromatic N) is 6. The first-order chi connectivity index (χ1) is 12.3. The molecule has 4 heterocycles. The van der Waals surface area contributed by atoms with Gasteiger partial charge in [0.05, 0.1) is 37.7 Å². The second-order valence-corrected chi connectivity index (χ2v) is 6.49. The molecule has 2 aromatic heterocycles. The summed E-state index contributed by atoms with van der Waals surface area (Å²) in [5, 5.41) is 22.9. The van der Waals surface area contributed by atoms with E-state index in [-0.39, 0.29) is 19.1 Å². The number of piperidine rings is 1. The number of fused-ring (bicyclic) bond motifs is 1. The summed E-state index contributed by atoms with van der Waals surface area (Å²) < 4.78 is 1.88. The standard InChI is InChI=1S/C16H22N6O3/c23-7-11-12(20-25-13(11)8-24)6-22-10-19-14-15(17-9-18-16(14)22)21-4-2-1-3-5-21/h9-11,13,23-24H,1-8H2. The summed E-state index contributed by atoms with van der Waals surface area (Å²) in [7, 11) is 0. The van der Waals surface area contributed by atoms with Crippen molar-refractivity contribution in [3.05, 3.63) is 12.7 Å². The summed E-state index contributed by atoms with van der Waals surface area (Å²) in [6, 6.07) is 0. The summed E-state index contributed by atoms with van der Waals surface area (Å²) in [5.74, 6) is 0.561. The Balaban J connectivity index is 1.61. The van der Waals surface area contributed by atoms with Crippen LogP contribution >= 0.6 is 0 Å². The lowest BCUT2D eigenvalue weighted by Crippen LogP contribution is -2.31. The minimum absolute atomic E-state index is 0.120. The molecule has 2 aliphatic rings. The Kier molecular flexibility index (Phi) is 4.50. The largest absolute Gasteiger partial charge is 0.396 e. The zero-order valence-corrected chi connectivity index (χ0v) is 14.0. The molecule has 4 rings (SSSR count). The molecule has 2 N–H and O–H groups in total. The summed E-state index contributed by atoms with van der Waals surface area (Å²) in [6.07, 6.45) is 6.39. The van der Waals surface area contributed by atoms with Crippen molar-refractivity contribution in [2.45, 2.75) is 31.9 Å². The van der Waals surface area contributed by atoms with Crippen LogP contribution in [0.5, 0.6) is 0 Å². The summed E-state index contributed by atoms with van der Waals surface area (Å²) in [4.78, 5) is 20.8. The van der Waals surface area contributed by atoms with Gasteiger partial charge in [0.2, 0.25) is 0 Å². The number of aromatic nitrogens is 4. The molecule has 1 fully saturated rings. The first-order valence-corrected chi connectivity index (χ1v) is 8.67. The smallest absolute Gasteiger partial charge is 0.165 e. The average molecular weight is 346 g/mol. The van der Waals surface area contributed by atoms with Crippen molar-refractivity contribution in [2.24, 2.45) is 11.1 Å². The summed E-state index contributed by atoms with van der Waals surface area (Å²) in [6.45, 7) is 2.10. The number of anilines is 1. The van der Waals surface area contributed by atoms with Crippen molar-refractivity contribution in [3.63, 3.8) is 0 Å². The van der Waals surface area contributed by atoms with Crippen LogP contribution in [0.2, 0.25) is 0 Å². The average Bonchev–Trinajstić information content (AvgIpc) is 3.26. The van der Waals surface area contributed by atoms with E-state index >= 15 is 0 Å². The van der Waals surface area contributed by atoms with Crippen LogP contribution in [0.3, 0.4) is 0 Å². The van der Waals surface area contributed by atoms with E-state index in [0.29, 0.717) is 12.3 Å². The number of aliphatic hydroxyl groups is 2. The fourth-order valence-electron chi connectivity index (χ4n) is 3.52. The topological polar surface area (TPSA) is 109 Å². The van der Waals surface area contributed by atoms with Crippen LogP contribution in [0.4, 0.5) is 5.82 Å². The molecule has 2 aromatic rings. The second kappa shape index (κ2) is 6.93. The minimum atomic E-state index is -0.492. The van der Waals surface area contributed by atoms with Crippen LogP contribution in [-0.2, 0) is 11.4 Å². The molecule has 1 saturated heterocycles. The highest BCUT2D eigenvalue weighted by Gasteiger charge is 2.33. The first-order valence-electron chi connectivity index (χ1n) is 8.67. The van der Waals surface area contributed by atoms with Crippen molar-refractivity contribution < 1.29 is 15.1 Å². The number of aliphatic hydroxyl groups excluding tert-OH is 2. The molecule has 9 heteroatoms. The van der Waals surface area contributed by atoms with Gasteiger partial charge < -0.3 is 24.5 Å². The van der Waals surface area contributed by atoms with Gasteiger partial charge in [-0.25, -0.2) is 15.0 Å². The van der Waals surface area contributed by atoms with E-state index < -0.39 is 6.10 Å². The van der Waals surface area contributed by atoms with Gasteiger partial charge in [0.25, 0.3) is 0 Å². The molecular formula is C16H22N6O3. The van der Waals surface area contributed by atoms with Crippen molar-refractivity contribution in [1.82, 2.24) is 19.5 Å². The highest BCUT2D eigenvalue weighted by atomic mass is 16.7. The van der Waals surface area contributed by atoms with Crippen molar-refractivity contribution in [2.75, 3.05) is 31.2 Å². The fourth-order valence-corrected chi connectivity index (χ4v) is 3.52. The molecule has 0 radical (unpaired) electrons. The molecule has 0 aliphatic carbocycles. The van der Waals surface area contributed by atoms with E-state index in [0.717, 1.165) is 30.1 Å². The first kappa shape index (κ1) is 16.2. The molecule has 0 saturated carbocycles. The zero-order chi connectivity index (χ0) is 17.2. The lowest BCUT2D eigenvalue weighted by atomic mass is 9.99. The predicted octanol–water partition coefficient (Wildman–Crippen LogP) is 0.172. The van der Waals surface area contributed by atoms with Crippen molar-refractivity contribution in [1.29, 1.82) is 0 Å². The van der Waals surface area contributed by atoms with Crippen molar-refractivity contribution in [3.8, 4) is 0 Å². The highest BCUT2D eigenvalue weighted by molar-refractivity contribution is 5.90. The van der Waals surface area contributed by atoms with Gasteiger partial charge in [-0.2, -0.15) is 0 Å². The van der Waals surface area contributed by atoms with Gasteiger partial charge in [0, 0.05) is 13.1 Å². The molecule has 25 heavy (non-hydrogen) atoms. The SMILES string of the molecule is OCC1ON=C(Cn2cnc3c(N4CCCCC4)ncnc32)C1CO. The normalized spacial score (nSPS) is 23.8. The molecule has 9 nitrogen and oxygen atoms in total. The molecular weight excluding hydrogens is 324 g/mol. The van der Waals surface area contributed by atoms with Gasteiger partial charge in [0.15, 0.2) is 23.1 Å². The minimum Gasteiger partial charge on any atom is -0.396 e. The van der Waals surface area contributed by atoms with Gasteiger partial charge in [-0.3, -0.25) is 0 Å². The molecule has 2 atom stereocenters. The molecule has 0 spiro atoms. The van der Waals surface area contributed by atoms with E-state index in [4.69, 9.17) is 4.84 Å². The number of imidazole rings is 1. The number of rotatable bonds is 5. The third-order valence-electron chi connectivity index (χ3n) is 4.93. The van der Waals surface area contributed by atoms with Crippen molar-refractivity contribution >= 4 is 22.7 Å². The Labute approximate surface area is 145 Å². The Morgan fingerprint density at radius 2 is 1.92 bits per heavy atom. The van der Waals surface area contributed by atoms with Crippen LogP contribution < -0.4 is 4.90 Å². The lowest BCUT2D eigenvalue weighted by molar-refractivity contribution is 0.00646. The zero-order valence-electron chi connectivity index (χ0n) is 14.0. The van der Waals surface area contributed by atoms with Gasteiger partial charge in [-0.15, -0.1) is 0 Å². The Morgan fingerprint density at radius 1 is 1.08 bits per heavy atom. The summed E-state index contributed by atoms with van der Waals surface area (Å²) in [5.41, 5.74) is 2.20.